The summed E-state index contributed by atoms with van der Waals surface area (Å²) in [5.74, 6) is 0.349. The fourth-order valence-corrected chi connectivity index (χ4v) is 2.83. The second-order valence-electron chi connectivity index (χ2n) is 5.40. The molecule has 1 aliphatic rings. The van der Waals surface area contributed by atoms with Gasteiger partial charge in [0.15, 0.2) is 0 Å². The van der Waals surface area contributed by atoms with Gasteiger partial charge in [-0.25, -0.2) is 9.97 Å². The quantitative estimate of drug-likeness (QED) is 0.902. The lowest BCUT2D eigenvalue weighted by Gasteiger charge is -2.26. The van der Waals surface area contributed by atoms with Gasteiger partial charge < -0.3 is 10.2 Å². The van der Waals surface area contributed by atoms with Crippen LogP contribution in [0.3, 0.4) is 0 Å². The van der Waals surface area contributed by atoms with Crippen LogP contribution in [-0.4, -0.2) is 33.9 Å². The number of carbonyl (C=O) groups excluding carboxylic acids is 1. The van der Waals surface area contributed by atoms with Gasteiger partial charge in [-0.2, -0.15) is 0 Å². The summed E-state index contributed by atoms with van der Waals surface area (Å²) in [7, 11) is 0. The van der Waals surface area contributed by atoms with Crippen molar-refractivity contribution in [2.45, 2.75) is 19.3 Å². The number of halogens is 2. The predicted molar refractivity (Wildman–Crippen MR) is 91.5 cm³/mol. The van der Waals surface area contributed by atoms with E-state index in [0.29, 0.717) is 27.2 Å². The highest BCUT2D eigenvalue weighted by Crippen LogP contribution is 2.27. The maximum absolute atomic E-state index is 12.4. The average molecular weight is 351 g/mol. The first kappa shape index (κ1) is 16.0. The van der Waals surface area contributed by atoms with Crippen molar-refractivity contribution in [3.8, 4) is 0 Å². The number of piperidine rings is 1. The third-order valence-electron chi connectivity index (χ3n) is 3.72. The van der Waals surface area contributed by atoms with Crippen LogP contribution in [-0.2, 0) is 0 Å². The van der Waals surface area contributed by atoms with Crippen molar-refractivity contribution in [2.24, 2.45) is 0 Å². The van der Waals surface area contributed by atoms with E-state index < -0.39 is 0 Å². The molecule has 0 atom stereocenters. The number of anilines is 2. The largest absolute Gasteiger partial charge is 0.339 e. The molecule has 23 heavy (non-hydrogen) atoms. The van der Waals surface area contributed by atoms with Gasteiger partial charge in [0.25, 0.3) is 5.91 Å². The number of aromatic nitrogens is 2. The van der Waals surface area contributed by atoms with Gasteiger partial charge in [0, 0.05) is 30.5 Å². The fraction of sp³-hybridized carbons (Fsp3) is 0.312. The van der Waals surface area contributed by atoms with E-state index in [0.717, 1.165) is 25.9 Å². The maximum Gasteiger partial charge on any atom is 0.256 e. The van der Waals surface area contributed by atoms with Crippen molar-refractivity contribution in [1.82, 2.24) is 14.9 Å². The Morgan fingerprint density at radius 3 is 2.48 bits per heavy atom. The highest BCUT2D eigenvalue weighted by Gasteiger charge is 2.18. The number of hydrogen-bond acceptors (Lipinski definition) is 4. The molecule has 1 aliphatic heterocycles. The van der Waals surface area contributed by atoms with E-state index >= 15 is 0 Å². The summed E-state index contributed by atoms with van der Waals surface area (Å²) < 4.78 is 0. The lowest BCUT2D eigenvalue weighted by Crippen LogP contribution is -2.35. The number of carbonyl (C=O) groups is 1. The van der Waals surface area contributed by atoms with E-state index in [4.69, 9.17) is 23.2 Å². The summed E-state index contributed by atoms with van der Waals surface area (Å²) in [5, 5.41) is 4.08. The van der Waals surface area contributed by atoms with E-state index in [-0.39, 0.29) is 5.91 Å². The summed E-state index contributed by atoms with van der Waals surface area (Å²) in [6, 6.07) is 5.09. The molecule has 0 saturated carbocycles. The number of benzene rings is 1. The van der Waals surface area contributed by atoms with Crippen LogP contribution in [0, 0.1) is 0 Å². The molecule has 2 heterocycles. The Morgan fingerprint density at radius 1 is 1.09 bits per heavy atom. The van der Waals surface area contributed by atoms with Crippen molar-refractivity contribution in [2.75, 3.05) is 18.4 Å². The SMILES string of the molecule is O=C(c1cnc(Nc2cc(Cl)ccc2Cl)nc1)N1CCCCC1. The van der Waals surface area contributed by atoms with Crippen molar-refractivity contribution < 1.29 is 4.79 Å². The molecule has 1 saturated heterocycles. The zero-order chi connectivity index (χ0) is 16.2. The van der Waals surface area contributed by atoms with Crippen LogP contribution in [0.5, 0.6) is 0 Å². The summed E-state index contributed by atoms with van der Waals surface area (Å²) in [6.45, 7) is 1.61. The molecule has 1 N–H and O–H groups in total. The third-order valence-corrected chi connectivity index (χ3v) is 4.28. The van der Waals surface area contributed by atoms with Gasteiger partial charge in [0.1, 0.15) is 0 Å². The molecular formula is C16H16Cl2N4O. The van der Waals surface area contributed by atoms with Crippen LogP contribution < -0.4 is 5.32 Å². The van der Waals surface area contributed by atoms with E-state index in [1.165, 1.54) is 18.8 Å². The van der Waals surface area contributed by atoms with Crippen molar-refractivity contribution in [1.29, 1.82) is 0 Å². The van der Waals surface area contributed by atoms with Gasteiger partial charge in [0.05, 0.1) is 16.3 Å². The van der Waals surface area contributed by atoms with Crippen LogP contribution in [0.2, 0.25) is 10.0 Å². The Balaban J connectivity index is 1.71. The monoisotopic (exact) mass is 350 g/mol. The predicted octanol–water partition coefficient (Wildman–Crippen LogP) is 4.15. The zero-order valence-electron chi connectivity index (χ0n) is 12.4. The van der Waals surface area contributed by atoms with Gasteiger partial charge in [0.2, 0.25) is 5.95 Å². The lowest BCUT2D eigenvalue weighted by molar-refractivity contribution is 0.0723. The van der Waals surface area contributed by atoms with E-state index in [1.54, 1.807) is 18.2 Å². The van der Waals surface area contributed by atoms with E-state index in [2.05, 4.69) is 15.3 Å². The molecule has 1 aromatic carbocycles. The topological polar surface area (TPSA) is 58.1 Å². The van der Waals surface area contributed by atoms with Crippen LogP contribution >= 0.6 is 23.2 Å². The second-order valence-corrected chi connectivity index (χ2v) is 6.24. The van der Waals surface area contributed by atoms with Gasteiger partial charge in [-0.1, -0.05) is 23.2 Å². The van der Waals surface area contributed by atoms with Crippen LogP contribution in [0.4, 0.5) is 11.6 Å². The van der Waals surface area contributed by atoms with E-state index in [1.807, 2.05) is 4.90 Å². The number of likely N-dealkylation sites (tertiary alicyclic amines) is 1. The summed E-state index contributed by atoms with van der Waals surface area (Å²) in [4.78, 5) is 22.6. The molecule has 0 bridgehead atoms. The number of amides is 1. The Morgan fingerprint density at radius 2 is 1.78 bits per heavy atom. The highest BCUT2D eigenvalue weighted by atomic mass is 35.5. The number of rotatable bonds is 3. The molecule has 0 spiro atoms. The molecule has 5 nitrogen and oxygen atoms in total. The first-order valence-corrected chi connectivity index (χ1v) is 8.22. The minimum atomic E-state index is -0.0166. The first-order chi connectivity index (χ1) is 11.1. The summed E-state index contributed by atoms with van der Waals surface area (Å²) in [5.41, 5.74) is 1.11. The minimum Gasteiger partial charge on any atom is -0.339 e. The highest BCUT2D eigenvalue weighted by molar-refractivity contribution is 6.35. The smallest absolute Gasteiger partial charge is 0.256 e. The Bertz CT molecular complexity index is 700. The second kappa shape index (κ2) is 7.15. The fourth-order valence-electron chi connectivity index (χ4n) is 2.50. The molecule has 0 unspecified atom stereocenters. The molecular weight excluding hydrogens is 335 g/mol. The standard InChI is InChI=1S/C16H16Cl2N4O/c17-12-4-5-13(18)14(8-12)21-16-19-9-11(10-20-16)15(23)22-6-2-1-3-7-22/h4-5,8-10H,1-3,6-7H2,(H,19,20,21). The molecule has 0 aliphatic carbocycles. The molecule has 120 valence electrons. The lowest BCUT2D eigenvalue weighted by atomic mass is 10.1. The van der Waals surface area contributed by atoms with E-state index in [9.17, 15) is 4.79 Å². The molecule has 7 heteroatoms. The van der Waals surface area contributed by atoms with Crippen molar-refractivity contribution in [3.05, 3.63) is 46.2 Å². The molecule has 1 amide bonds. The summed E-state index contributed by atoms with van der Waals surface area (Å²) in [6.07, 6.45) is 6.36. The van der Waals surface area contributed by atoms with Gasteiger partial charge in [-0.15, -0.1) is 0 Å². The third kappa shape index (κ3) is 3.92. The Kier molecular flexibility index (Phi) is 4.98. The molecule has 0 radical (unpaired) electrons. The van der Waals surface area contributed by atoms with Gasteiger partial charge in [-0.05, 0) is 37.5 Å². The van der Waals surface area contributed by atoms with Crippen molar-refractivity contribution in [3.63, 3.8) is 0 Å². The first-order valence-electron chi connectivity index (χ1n) is 7.47. The van der Waals surface area contributed by atoms with Gasteiger partial charge >= 0.3 is 0 Å². The number of nitrogens with one attached hydrogen (secondary N) is 1. The number of hydrogen-bond donors (Lipinski definition) is 1. The molecule has 2 aromatic rings. The Hall–Kier alpha value is -1.85. The number of nitrogens with zero attached hydrogens (tertiary/aromatic N) is 3. The Labute approximate surface area is 144 Å². The molecule has 3 rings (SSSR count). The van der Waals surface area contributed by atoms with Gasteiger partial charge in [-0.3, -0.25) is 4.79 Å². The normalized spacial score (nSPS) is 14.6. The molecule has 1 fully saturated rings. The average Bonchev–Trinajstić information content (AvgIpc) is 2.59. The minimum absolute atomic E-state index is 0.0166. The van der Waals surface area contributed by atoms with Crippen molar-refractivity contribution >= 4 is 40.7 Å². The zero-order valence-corrected chi connectivity index (χ0v) is 13.9. The van der Waals surface area contributed by atoms with Crippen LogP contribution in [0.1, 0.15) is 29.6 Å². The maximum atomic E-state index is 12.4. The van der Waals surface area contributed by atoms with Crippen LogP contribution in [0.15, 0.2) is 30.6 Å². The molecule has 1 aromatic heterocycles. The van der Waals surface area contributed by atoms with Crippen LogP contribution in [0.25, 0.3) is 0 Å². The summed E-state index contributed by atoms with van der Waals surface area (Å²) >= 11 is 12.0.